The Balaban J connectivity index is 2.14. The van der Waals surface area contributed by atoms with Gasteiger partial charge in [0.25, 0.3) is 0 Å². The van der Waals surface area contributed by atoms with E-state index in [1.165, 1.54) is 0 Å². The van der Waals surface area contributed by atoms with E-state index >= 15 is 0 Å². The van der Waals surface area contributed by atoms with Gasteiger partial charge in [0, 0.05) is 13.1 Å². The minimum Gasteiger partial charge on any atom is -0.486 e. The van der Waals surface area contributed by atoms with Crippen LogP contribution in [0.4, 0.5) is 0 Å². The molecule has 13 heavy (non-hydrogen) atoms. The third-order valence-corrected chi connectivity index (χ3v) is 2.76. The van der Waals surface area contributed by atoms with Crippen LogP contribution >= 0.6 is 23.2 Å². The molecule has 1 aromatic rings. The molecule has 0 spiro atoms. The molecule has 1 aliphatic rings. The van der Waals surface area contributed by atoms with E-state index in [1.807, 2.05) is 12.1 Å². The smallest absolute Gasteiger partial charge is 0.139 e. The zero-order chi connectivity index (χ0) is 9.26. The van der Waals surface area contributed by atoms with Gasteiger partial charge in [-0.25, -0.2) is 0 Å². The van der Waals surface area contributed by atoms with Crippen LogP contribution in [0.5, 0.6) is 5.75 Å². The highest BCUT2D eigenvalue weighted by Gasteiger charge is 2.19. The summed E-state index contributed by atoms with van der Waals surface area (Å²) in [7, 11) is 0. The second kappa shape index (κ2) is 3.74. The predicted molar refractivity (Wildman–Crippen MR) is 53.7 cm³/mol. The van der Waals surface area contributed by atoms with Crippen LogP contribution < -0.4 is 10.1 Å². The summed E-state index contributed by atoms with van der Waals surface area (Å²) in [5, 5.41) is 4.14. The molecule has 0 amide bonds. The number of benzene rings is 1. The van der Waals surface area contributed by atoms with E-state index < -0.39 is 0 Å². The van der Waals surface area contributed by atoms with Crippen LogP contribution in [0.15, 0.2) is 18.2 Å². The van der Waals surface area contributed by atoms with Gasteiger partial charge in [-0.2, -0.15) is 0 Å². The van der Waals surface area contributed by atoms with Crippen molar-refractivity contribution in [3.8, 4) is 5.75 Å². The number of hydrogen-bond acceptors (Lipinski definition) is 2. The molecule has 70 valence electrons. The quantitative estimate of drug-likeness (QED) is 0.822. The Hall–Kier alpha value is -0.440. The fourth-order valence-electron chi connectivity index (χ4n) is 1.10. The average molecular weight is 218 g/mol. The predicted octanol–water partition coefficient (Wildman–Crippen LogP) is 2.34. The van der Waals surface area contributed by atoms with Crippen LogP contribution in [0.25, 0.3) is 0 Å². The van der Waals surface area contributed by atoms with E-state index in [0.29, 0.717) is 15.8 Å². The van der Waals surface area contributed by atoms with Crippen molar-refractivity contribution in [2.45, 2.75) is 6.10 Å². The van der Waals surface area contributed by atoms with Gasteiger partial charge in [-0.15, -0.1) is 0 Å². The SMILES string of the molecule is Clc1cccc(OC2CNC2)c1Cl. The number of ether oxygens (including phenoxy) is 1. The fourth-order valence-corrected chi connectivity index (χ4v) is 1.44. The lowest BCUT2D eigenvalue weighted by atomic mass is 10.2. The zero-order valence-corrected chi connectivity index (χ0v) is 8.40. The van der Waals surface area contributed by atoms with Gasteiger partial charge in [0.05, 0.1) is 5.02 Å². The summed E-state index contributed by atoms with van der Waals surface area (Å²) in [4.78, 5) is 0. The first-order chi connectivity index (χ1) is 6.27. The Kier molecular flexibility index (Phi) is 2.63. The maximum Gasteiger partial charge on any atom is 0.139 e. The lowest BCUT2D eigenvalue weighted by Crippen LogP contribution is -2.50. The molecule has 2 rings (SSSR count). The second-order valence-corrected chi connectivity index (χ2v) is 3.74. The van der Waals surface area contributed by atoms with E-state index in [9.17, 15) is 0 Å². The molecule has 1 aromatic carbocycles. The summed E-state index contributed by atoms with van der Waals surface area (Å²) in [5.74, 6) is 0.667. The molecule has 1 saturated heterocycles. The monoisotopic (exact) mass is 217 g/mol. The molecule has 0 aromatic heterocycles. The van der Waals surface area contributed by atoms with Crippen LogP contribution in [0.1, 0.15) is 0 Å². The maximum atomic E-state index is 5.94. The third-order valence-electron chi connectivity index (χ3n) is 1.95. The van der Waals surface area contributed by atoms with Crippen LogP contribution in [0.3, 0.4) is 0 Å². The van der Waals surface area contributed by atoms with Gasteiger partial charge in [-0.3, -0.25) is 0 Å². The number of nitrogens with one attached hydrogen (secondary N) is 1. The average Bonchev–Trinajstić information content (AvgIpc) is 2.04. The van der Waals surface area contributed by atoms with Crippen molar-refractivity contribution in [2.24, 2.45) is 0 Å². The van der Waals surface area contributed by atoms with Crippen molar-refractivity contribution in [2.75, 3.05) is 13.1 Å². The van der Waals surface area contributed by atoms with Crippen LogP contribution in [0, 0.1) is 0 Å². The summed E-state index contributed by atoms with van der Waals surface area (Å²) >= 11 is 11.8. The van der Waals surface area contributed by atoms with Gasteiger partial charge in [0.1, 0.15) is 16.9 Å². The fraction of sp³-hybridized carbons (Fsp3) is 0.333. The normalized spacial score (nSPS) is 16.8. The molecule has 0 saturated carbocycles. The van der Waals surface area contributed by atoms with E-state index in [2.05, 4.69) is 5.32 Å². The molecular formula is C9H9Cl2NO. The first-order valence-corrected chi connectivity index (χ1v) is 4.84. The van der Waals surface area contributed by atoms with Crippen molar-refractivity contribution >= 4 is 23.2 Å². The molecule has 1 fully saturated rings. The lowest BCUT2D eigenvalue weighted by Gasteiger charge is -2.28. The van der Waals surface area contributed by atoms with E-state index in [1.54, 1.807) is 6.07 Å². The van der Waals surface area contributed by atoms with E-state index in [0.717, 1.165) is 13.1 Å². The van der Waals surface area contributed by atoms with Crippen LogP contribution in [-0.4, -0.2) is 19.2 Å². The molecular weight excluding hydrogens is 209 g/mol. The van der Waals surface area contributed by atoms with Gasteiger partial charge >= 0.3 is 0 Å². The van der Waals surface area contributed by atoms with Crippen molar-refractivity contribution in [3.63, 3.8) is 0 Å². The van der Waals surface area contributed by atoms with E-state index in [4.69, 9.17) is 27.9 Å². The molecule has 0 radical (unpaired) electrons. The Labute approximate surface area is 86.8 Å². The van der Waals surface area contributed by atoms with Crippen LogP contribution in [-0.2, 0) is 0 Å². The third kappa shape index (κ3) is 1.90. The molecule has 0 atom stereocenters. The summed E-state index contributed by atoms with van der Waals surface area (Å²) in [6, 6.07) is 5.40. The molecule has 0 unspecified atom stereocenters. The summed E-state index contributed by atoms with van der Waals surface area (Å²) in [6.45, 7) is 1.76. The van der Waals surface area contributed by atoms with Crippen molar-refractivity contribution in [3.05, 3.63) is 28.2 Å². The summed E-state index contributed by atoms with van der Waals surface area (Å²) in [5.41, 5.74) is 0. The van der Waals surface area contributed by atoms with E-state index in [-0.39, 0.29) is 6.10 Å². The Morgan fingerprint density at radius 3 is 2.69 bits per heavy atom. The number of hydrogen-bond donors (Lipinski definition) is 1. The molecule has 1 N–H and O–H groups in total. The van der Waals surface area contributed by atoms with Gasteiger partial charge in [-0.1, -0.05) is 29.3 Å². The Bertz CT molecular complexity index is 312. The molecule has 2 nitrogen and oxygen atoms in total. The molecule has 1 heterocycles. The summed E-state index contributed by atoms with van der Waals surface area (Å²) < 4.78 is 5.58. The standard InChI is InChI=1S/C9H9Cl2NO/c10-7-2-1-3-8(9(7)11)13-6-4-12-5-6/h1-3,6,12H,4-5H2. The minimum absolute atomic E-state index is 0.232. The molecule has 0 bridgehead atoms. The zero-order valence-electron chi connectivity index (χ0n) is 6.89. The first-order valence-electron chi connectivity index (χ1n) is 4.09. The van der Waals surface area contributed by atoms with Crippen molar-refractivity contribution in [1.29, 1.82) is 0 Å². The van der Waals surface area contributed by atoms with Crippen molar-refractivity contribution < 1.29 is 4.74 Å². The highest BCUT2D eigenvalue weighted by molar-refractivity contribution is 6.42. The second-order valence-electron chi connectivity index (χ2n) is 2.95. The van der Waals surface area contributed by atoms with Crippen molar-refractivity contribution in [1.82, 2.24) is 5.32 Å². The largest absolute Gasteiger partial charge is 0.486 e. The lowest BCUT2D eigenvalue weighted by molar-refractivity contribution is 0.142. The molecule has 0 aliphatic carbocycles. The Morgan fingerprint density at radius 1 is 1.31 bits per heavy atom. The Morgan fingerprint density at radius 2 is 2.08 bits per heavy atom. The van der Waals surface area contributed by atoms with Gasteiger partial charge in [0.15, 0.2) is 0 Å². The number of rotatable bonds is 2. The highest BCUT2D eigenvalue weighted by atomic mass is 35.5. The van der Waals surface area contributed by atoms with Gasteiger partial charge in [-0.05, 0) is 12.1 Å². The van der Waals surface area contributed by atoms with Gasteiger partial charge in [0.2, 0.25) is 0 Å². The summed E-state index contributed by atoms with van der Waals surface area (Å²) in [6.07, 6.45) is 0.232. The van der Waals surface area contributed by atoms with Crippen LogP contribution in [0.2, 0.25) is 10.0 Å². The molecule has 1 aliphatic heterocycles. The van der Waals surface area contributed by atoms with Gasteiger partial charge < -0.3 is 10.1 Å². The molecule has 4 heteroatoms. The topological polar surface area (TPSA) is 21.3 Å². The highest BCUT2D eigenvalue weighted by Crippen LogP contribution is 2.32. The maximum absolute atomic E-state index is 5.94. The first kappa shape index (κ1) is 9.13. The minimum atomic E-state index is 0.232. The number of halogens is 2.